The maximum atomic E-state index is 12.0. The zero-order chi connectivity index (χ0) is 19.8. The van der Waals surface area contributed by atoms with Crippen LogP contribution in [0.2, 0.25) is 5.02 Å². The van der Waals surface area contributed by atoms with Crippen LogP contribution in [0.5, 0.6) is 5.75 Å². The highest BCUT2D eigenvalue weighted by molar-refractivity contribution is 7.12. The topological polar surface area (TPSA) is 67.4 Å². The van der Waals surface area contributed by atoms with E-state index in [0.29, 0.717) is 46.5 Å². The maximum absolute atomic E-state index is 12.0. The maximum Gasteiger partial charge on any atom is 0.265 e. The predicted molar refractivity (Wildman–Crippen MR) is 114 cm³/mol. The number of amides is 2. The molecule has 0 saturated carbocycles. The van der Waals surface area contributed by atoms with Crippen molar-refractivity contribution >= 4 is 46.1 Å². The normalized spacial score (nSPS) is 10.3. The van der Waals surface area contributed by atoms with Gasteiger partial charge < -0.3 is 15.4 Å². The minimum absolute atomic E-state index is 0.0990. The number of rotatable bonds is 8. The van der Waals surface area contributed by atoms with Crippen LogP contribution in [0.4, 0.5) is 11.4 Å². The van der Waals surface area contributed by atoms with Crippen LogP contribution in [-0.2, 0) is 4.79 Å². The summed E-state index contributed by atoms with van der Waals surface area (Å²) in [5.41, 5.74) is 1.34. The number of hydrogen-bond acceptors (Lipinski definition) is 4. The molecular formula is C21H19ClN2O3S. The van der Waals surface area contributed by atoms with E-state index in [1.165, 1.54) is 11.3 Å². The van der Waals surface area contributed by atoms with Crippen molar-refractivity contribution in [3.63, 3.8) is 0 Å². The number of thiophene rings is 1. The molecule has 0 aliphatic carbocycles. The molecule has 5 nitrogen and oxygen atoms in total. The molecule has 7 heteroatoms. The molecule has 0 fully saturated rings. The number of nitrogens with one attached hydrogen (secondary N) is 2. The standard InChI is InChI=1S/C21H19ClN2O3S/c22-17-5-1-2-6-18(17)27-13-3-8-20(25)23-15-9-11-16(12-10-15)24-21(26)19-7-4-14-28-19/h1-2,4-7,9-12,14H,3,8,13H2,(H,23,25)(H,24,26). The Labute approximate surface area is 172 Å². The highest BCUT2D eigenvalue weighted by Gasteiger charge is 2.07. The molecule has 3 rings (SSSR count). The number of hydrogen-bond donors (Lipinski definition) is 2. The largest absolute Gasteiger partial charge is 0.492 e. The smallest absolute Gasteiger partial charge is 0.265 e. The third kappa shape index (κ3) is 5.84. The second kappa shape index (κ2) is 9.92. The fourth-order valence-corrected chi connectivity index (χ4v) is 3.25. The van der Waals surface area contributed by atoms with Crippen LogP contribution in [0.25, 0.3) is 0 Å². The zero-order valence-corrected chi connectivity index (χ0v) is 16.6. The number of carbonyl (C=O) groups excluding carboxylic acids is 2. The second-order valence-electron chi connectivity index (χ2n) is 5.94. The number of para-hydroxylation sites is 1. The van der Waals surface area contributed by atoms with Crippen LogP contribution in [0.3, 0.4) is 0 Å². The van der Waals surface area contributed by atoms with Gasteiger partial charge in [0.2, 0.25) is 5.91 Å². The van der Waals surface area contributed by atoms with Crippen LogP contribution < -0.4 is 15.4 Å². The van der Waals surface area contributed by atoms with E-state index in [1.807, 2.05) is 23.6 Å². The minimum atomic E-state index is -0.148. The van der Waals surface area contributed by atoms with Crippen molar-refractivity contribution in [1.29, 1.82) is 0 Å². The highest BCUT2D eigenvalue weighted by Crippen LogP contribution is 2.23. The zero-order valence-electron chi connectivity index (χ0n) is 15.0. The Hall–Kier alpha value is -2.83. The van der Waals surface area contributed by atoms with Crippen LogP contribution in [0, 0.1) is 0 Å². The molecule has 0 saturated heterocycles. The van der Waals surface area contributed by atoms with Crippen LogP contribution in [-0.4, -0.2) is 18.4 Å². The van der Waals surface area contributed by atoms with Crippen molar-refractivity contribution in [2.24, 2.45) is 0 Å². The van der Waals surface area contributed by atoms with Gasteiger partial charge in [-0.25, -0.2) is 0 Å². The summed E-state index contributed by atoms with van der Waals surface area (Å²) in [5.74, 6) is 0.369. The van der Waals surface area contributed by atoms with Gasteiger partial charge in [-0.3, -0.25) is 9.59 Å². The van der Waals surface area contributed by atoms with E-state index in [-0.39, 0.29) is 11.8 Å². The lowest BCUT2D eigenvalue weighted by molar-refractivity contribution is -0.116. The lowest BCUT2D eigenvalue weighted by Gasteiger charge is -2.09. The summed E-state index contributed by atoms with van der Waals surface area (Å²) in [6.45, 7) is 0.408. The van der Waals surface area contributed by atoms with E-state index in [0.717, 1.165) is 0 Å². The van der Waals surface area contributed by atoms with Crippen molar-refractivity contribution in [2.45, 2.75) is 12.8 Å². The summed E-state index contributed by atoms with van der Waals surface area (Å²) in [6.07, 6.45) is 0.910. The number of carbonyl (C=O) groups is 2. The minimum Gasteiger partial charge on any atom is -0.492 e. The molecule has 0 atom stereocenters. The SMILES string of the molecule is O=C(CCCOc1ccccc1Cl)Nc1ccc(NC(=O)c2cccs2)cc1. The molecule has 1 aromatic heterocycles. The molecule has 2 aromatic carbocycles. The number of halogens is 1. The quantitative estimate of drug-likeness (QED) is 0.481. The van der Waals surface area contributed by atoms with Gasteiger partial charge in [-0.1, -0.05) is 29.8 Å². The first-order chi connectivity index (χ1) is 13.6. The first kappa shape index (κ1) is 19.9. The fraction of sp³-hybridized carbons (Fsp3) is 0.143. The molecule has 28 heavy (non-hydrogen) atoms. The van der Waals surface area contributed by atoms with Crippen molar-refractivity contribution in [3.8, 4) is 5.75 Å². The first-order valence-corrected chi connectivity index (χ1v) is 10.00. The van der Waals surface area contributed by atoms with E-state index in [4.69, 9.17) is 16.3 Å². The number of ether oxygens (including phenoxy) is 1. The monoisotopic (exact) mass is 414 g/mol. The van der Waals surface area contributed by atoms with E-state index < -0.39 is 0 Å². The molecule has 144 valence electrons. The third-order valence-corrected chi connectivity index (χ3v) is 4.99. The fourth-order valence-electron chi connectivity index (χ4n) is 2.44. The Morgan fingerprint density at radius 3 is 2.32 bits per heavy atom. The van der Waals surface area contributed by atoms with Crippen LogP contribution in [0.15, 0.2) is 66.0 Å². The van der Waals surface area contributed by atoms with Crippen molar-refractivity contribution in [3.05, 3.63) is 75.9 Å². The lowest BCUT2D eigenvalue weighted by Crippen LogP contribution is -2.13. The summed E-state index contributed by atoms with van der Waals surface area (Å²) in [6, 6.07) is 17.8. The summed E-state index contributed by atoms with van der Waals surface area (Å²) >= 11 is 7.40. The molecule has 3 aromatic rings. The third-order valence-electron chi connectivity index (χ3n) is 3.81. The molecule has 2 N–H and O–H groups in total. The van der Waals surface area contributed by atoms with Crippen molar-refractivity contribution in [2.75, 3.05) is 17.2 Å². The average molecular weight is 415 g/mol. The Bertz CT molecular complexity index is 927. The molecule has 0 bridgehead atoms. The van der Waals surface area contributed by atoms with Gasteiger partial charge in [0.1, 0.15) is 5.75 Å². The van der Waals surface area contributed by atoms with Gasteiger partial charge in [-0.05, 0) is 54.3 Å². The van der Waals surface area contributed by atoms with Gasteiger partial charge >= 0.3 is 0 Å². The lowest BCUT2D eigenvalue weighted by atomic mass is 10.2. The van der Waals surface area contributed by atoms with E-state index in [2.05, 4.69) is 10.6 Å². The van der Waals surface area contributed by atoms with E-state index >= 15 is 0 Å². The van der Waals surface area contributed by atoms with E-state index in [9.17, 15) is 9.59 Å². The molecule has 0 radical (unpaired) electrons. The number of anilines is 2. The van der Waals surface area contributed by atoms with Gasteiger partial charge in [0.05, 0.1) is 16.5 Å². The molecule has 0 aliphatic heterocycles. The summed E-state index contributed by atoms with van der Waals surface area (Å²) in [4.78, 5) is 24.7. The summed E-state index contributed by atoms with van der Waals surface area (Å²) < 4.78 is 5.57. The van der Waals surface area contributed by atoms with Crippen molar-refractivity contribution < 1.29 is 14.3 Å². The Morgan fingerprint density at radius 1 is 0.929 bits per heavy atom. The van der Waals surface area contributed by atoms with Gasteiger partial charge in [0.25, 0.3) is 5.91 Å². The first-order valence-electron chi connectivity index (χ1n) is 8.74. The Morgan fingerprint density at radius 2 is 1.64 bits per heavy atom. The van der Waals surface area contributed by atoms with Crippen LogP contribution in [0.1, 0.15) is 22.5 Å². The Balaban J connectivity index is 1.40. The average Bonchev–Trinajstić information content (AvgIpc) is 3.23. The molecule has 0 spiro atoms. The highest BCUT2D eigenvalue weighted by atomic mass is 35.5. The van der Waals surface area contributed by atoms with Crippen LogP contribution >= 0.6 is 22.9 Å². The molecule has 2 amide bonds. The molecule has 0 unspecified atom stereocenters. The summed E-state index contributed by atoms with van der Waals surface area (Å²) in [7, 11) is 0. The molecule has 1 heterocycles. The van der Waals surface area contributed by atoms with Gasteiger partial charge in [0, 0.05) is 17.8 Å². The summed E-state index contributed by atoms with van der Waals surface area (Å²) in [5, 5.41) is 8.06. The van der Waals surface area contributed by atoms with E-state index in [1.54, 1.807) is 42.5 Å². The van der Waals surface area contributed by atoms with Crippen molar-refractivity contribution in [1.82, 2.24) is 0 Å². The second-order valence-corrected chi connectivity index (χ2v) is 7.29. The van der Waals surface area contributed by atoms with Gasteiger partial charge in [-0.2, -0.15) is 0 Å². The van der Waals surface area contributed by atoms with Gasteiger partial charge in [-0.15, -0.1) is 11.3 Å². The number of benzene rings is 2. The van der Waals surface area contributed by atoms with Gasteiger partial charge in [0.15, 0.2) is 0 Å². The molecule has 0 aliphatic rings. The molecular weight excluding hydrogens is 396 g/mol. The predicted octanol–water partition coefficient (Wildman–Crippen LogP) is 5.45. The Kier molecular flexibility index (Phi) is 7.06.